The monoisotopic (exact) mass is 258 g/mol. The third-order valence-electron chi connectivity index (χ3n) is 3.49. The normalized spacial score (nSPS) is 11.4. The summed E-state index contributed by atoms with van der Waals surface area (Å²) >= 11 is 0. The summed E-state index contributed by atoms with van der Waals surface area (Å²) in [6, 6.07) is 8.48. The van der Waals surface area contributed by atoms with Crippen LogP contribution >= 0.6 is 0 Å². The van der Waals surface area contributed by atoms with Crippen LogP contribution in [-0.4, -0.2) is 28.8 Å². The second kappa shape index (κ2) is 6.02. The van der Waals surface area contributed by atoms with Crippen LogP contribution in [0.3, 0.4) is 0 Å². The van der Waals surface area contributed by atoms with Crippen LogP contribution in [-0.2, 0) is 18.4 Å². The Morgan fingerprint density at radius 3 is 2.79 bits per heavy atom. The summed E-state index contributed by atoms with van der Waals surface area (Å²) in [6.45, 7) is 3.55. The lowest BCUT2D eigenvalue weighted by Crippen LogP contribution is -2.19. The molecule has 3 heteroatoms. The highest BCUT2D eigenvalue weighted by molar-refractivity contribution is 5.83. The zero-order valence-electron chi connectivity index (χ0n) is 12.0. The molecule has 0 unspecified atom stereocenters. The summed E-state index contributed by atoms with van der Waals surface area (Å²) in [4.78, 5) is 13.2. The fourth-order valence-corrected chi connectivity index (χ4v) is 2.52. The quantitative estimate of drug-likeness (QED) is 0.796. The van der Waals surface area contributed by atoms with Gasteiger partial charge in [0, 0.05) is 37.1 Å². The van der Waals surface area contributed by atoms with E-state index in [0.717, 1.165) is 19.5 Å². The van der Waals surface area contributed by atoms with Gasteiger partial charge in [-0.05, 0) is 38.6 Å². The predicted octanol–water partition coefficient (Wildman–Crippen LogP) is 2.98. The molecule has 0 fully saturated rings. The number of carbonyl (C=O) groups excluding carboxylic acids is 1. The predicted molar refractivity (Wildman–Crippen MR) is 79.2 cm³/mol. The molecule has 1 aromatic heterocycles. The van der Waals surface area contributed by atoms with Crippen molar-refractivity contribution < 1.29 is 4.79 Å². The van der Waals surface area contributed by atoms with E-state index in [-0.39, 0.29) is 5.78 Å². The van der Waals surface area contributed by atoms with Crippen molar-refractivity contribution in [2.24, 2.45) is 7.05 Å². The van der Waals surface area contributed by atoms with E-state index in [1.165, 1.54) is 16.5 Å². The molecule has 102 valence electrons. The van der Waals surface area contributed by atoms with Crippen molar-refractivity contribution in [3.8, 4) is 0 Å². The van der Waals surface area contributed by atoms with Crippen LogP contribution in [0.4, 0.5) is 0 Å². The smallest absolute Gasteiger partial charge is 0.129 e. The zero-order chi connectivity index (χ0) is 13.8. The van der Waals surface area contributed by atoms with Gasteiger partial charge in [0.25, 0.3) is 0 Å². The topological polar surface area (TPSA) is 25.2 Å². The Balaban J connectivity index is 2.03. The molecule has 0 bridgehead atoms. The van der Waals surface area contributed by atoms with Crippen LogP contribution in [0.25, 0.3) is 10.9 Å². The van der Waals surface area contributed by atoms with E-state index in [1.807, 2.05) is 0 Å². The van der Waals surface area contributed by atoms with Crippen molar-refractivity contribution in [3.63, 3.8) is 0 Å². The molecular weight excluding hydrogens is 236 g/mol. The molecule has 0 saturated carbocycles. The maximum Gasteiger partial charge on any atom is 0.129 e. The molecule has 1 heterocycles. The molecule has 0 spiro atoms. The molecule has 0 aliphatic rings. The summed E-state index contributed by atoms with van der Waals surface area (Å²) in [5, 5.41) is 1.32. The second-order valence-electron chi connectivity index (χ2n) is 5.33. The van der Waals surface area contributed by atoms with E-state index in [4.69, 9.17) is 0 Å². The van der Waals surface area contributed by atoms with E-state index in [0.29, 0.717) is 6.42 Å². The Hall–Kier alpha value is -1.61. The van der Waals surface area contributed by atoms with Gasteiger partial charge in [0.05, 0.1) is 0 Å². The number of Topliss-reactive ketones (excluding diaryl/α,β-unsaturated/α-hetero) is 1. The van der Waals surface area contributed by atoms with E-state index in [1.54, 1.807) is 6.92 Å². The SMILES string of the molecule is CC(=O)CCCN(C)Cc1cn(C)c2ccccc12. The molecule has 3 nitrogen and oxygen atoms in total. The van der Waals surface area contributed by atoms with Crippen LogP contribution in [0.2, 0.25) is 0 Å². The van der Waals surface area contributed by atoms with E-state index < -0.39 is 0 Å². The van der Waals surface area contributed by atoms with Gasteiger partial charge < -0.3 is 14.3 Å². The van der Waals surface area contributed by atoms with Crippen molar-refractivity contribution in [3.05, 3.63) is 36.0 Å². The fraction of sp³-hybridized carbons (Fsp3) is 0.438. The first-order chi connectivity index (χ1) is 9.08. The first-order valence-corrected chi connectivity index (χ1v) is 6.79. The van der Waals surface area contributed by atoms with Crippen molar-refractivity contribution >= 4 is 16.7 Å². The van der Waals surface area contributed by atoms with Crippen LogP contribution in [0.5, 0.6) is 0 Å². The minimum absolute atomic E-state index is 0.276. The van der Waals surface area contributed by atoms with Gasteiger partial charge >= 0.3 is 0 Å². The largest absolute Gasteiger partial charge is 0.350 e. The average Bonchev–Trinajstić information content (AvgIpc) is 2.66. The number of aromatic nitrogens is 1. The molecule has 0 N–H and O–H groups in total. The number of carbonyl (C=O) groups is 1. The molecule has 0 atom stereocenters. The lowest BCUT2D eigenvalue weighted by atomic mass is 10.1. The van der Waals surface area contributed by atoms with E-state index in [9.17, 15) is 4.79 Å². The molecule has 2 rings (SSSR count). The van der Waals surface area contributed by atoms with Gasteiger partial charge in [0.2, 0.25) is 0 Å². The van der Waals surface area contributed by atoms with Gasteiger partial charge in [-0.15, -0.1) is 0 Å². The molecular formula is C16H22N2O. The second-order valence-corrected chi connectivity index (χ2v) is 5.33. The standard InChI is InChI=1S/C16H22N2O/c1-13(19)7-6-10-17(2)11-14-12-18(3)16-9-5-4-8-15(14)16/h4-5,8-9,12H,6-7,10-11H2,1-3H3. The Kier molecular flexibility index (Phi) is 4.38. The molecule has 19 heavy (non-hydrogen) atoms. The van der Waals surface area contributed by atoms with Crippen molar-refractivity contribution in [2.75, 3.05) is 13.6 Å². The van der Waals surface area contributed by atoms with Crippen LogP contribution < -0.4 is 0 Å². The van der Waals surface area contributed by atoms with E-state index >= 15 is 0 Å². The number of benzene rings is 1. The molecule has 2 aromatic rings. The number of nitrogens with zero attached hydrogens (tertiary/aromatic N) is 2. The first kappa shape index (κ1) is 13.8. The molecule has 0 aliphatic heterocycles. The summed E-state index contributed by atoms with van der Waals surface area (Å²) in [6.07, 6.45) is 3.82. The maximum absolute atomic E-state index is 10.9. The Labute approximate surface area is 114 Å². The number of fused-ring (bicyclic) bond motifs is 1. The molecule has 1 aromatic carbocycles. The summed E-state index contributed by atoms with van der Waals surface area (Å²) in [7, 11) is 4.20. The van der Waals surface area contributed by atoms with Gasteiger partial charge in [0.15, 0.2) is 0 Å². The molecule has 0 radical (unpaired) electrons. The fourth-order valence-electron chi connectivity index (χ4n) is 2.52. The molecule has 0 amide bonds. The highest BCUT2D eigenvalue weighted by Crippen LogP contribution is 2.21. The van der Waals surface area contributed by atoms with Crippen molar-refractivity contribution in [1.29, 1.82) is 0 Å². The molecule has 0 saturated heterocycles. The van der Waals surface area contributed by atoms with Crippen molar-refractivity contribution in [1.82, 2.24) is 9.47 Å². The maximum atomic E-state index is 10.9. The minimum atomic E-state index is 0.276. The summed E-state index contributed by atoms with van der Waals surface area (Å²) < 4.78 is 2.17. The van der Waals surface area contributed by atoms with Crippen molar-refractivity contribution in [2.45, 2.75) is 26.3 Å². The number of para-hydroxylation sites is 1. The van der Waals surface area contributed by atoms with Gasteiger partial charge in [-0.1, -0.05) is 18.2 Å². The Morgan fingerprint density at radius 1 is 1.32 bits per heavy atom. The van der Waals surface area contributed by atoms with Crippen LogP contribution in [0, 0.1) is 0 Å². The van der Waals surface area contributed by atoms with Gasteiger partial charge in [-0.25, -0.2) is 0 Å². The highest BCUT2D eigenvalue weighted by Gasteiger charge is 2.08. The summed E-state index contributed by atoms with van der Waals surface area (Å²) in [5.41, 5.74) is 2.62. The van der Waals surface area contributed by atoms with Gasteiger partial charge in [-0.3, -0.25) is 0 Å². The van der Waals surface area contributed by atoms with Crippen LogP contribution in [0.15, 0.2) is 30.5 Å². The number of rotatable bonds is 6. The number of hydrogen-bond acceptors (Lipinski definition) is 2. The number of hydrogen-bond donors (Lipinski definition) is 0. The number of ketones is 1. The lowest BCUT2D eigenvalue weighted by Gasteiger charge is -2.15. The number of aryl methyl sites for hydroxylation is 1. The van der Waals surface area contributed by atoms with E-state index in [2.05, 4.69) is 54.0 Å². The highest BCUT2D eigenvalue weighted by atomic mass is 16.1. The third kappa shape index (κ3) is 3.44. The van der Waals surface area contributed by atoms with Gasteiger partial charge in [-0.2, -0.15) is 0 Å². The average molecular weight is 258 g/mol. The van der Waals surface area contributed by atoms with Gasteiger partial charge in [0.1, 0.15) is 5.78 Å². The summed E-state index contributed by atoms with van der Waals surface area (Å²) in [5.74, 6) is 0.276. The lowest BCUT2D eigenvalue weighted by molar-refractivity contribution is -0.117. The Bertz CT molecular complexity index is 571. The first-order valence-electron chi connectivity index (χ1n) is 6.79. The van der Waals surface area contributed by atoms with Crippen LogP contribution in [0.1, 0.15) is 25.3 Å². The zero-order valence-corrected chi connectivity index (χ0v) is 12.0. The molecule has 0 aliphatic carbocycles. The minimum Gasteiger partial charge on any atom is -0.350 e. The third-order valence-corrected chi connectivity index (χ3v) is 3.49. The Morgan fingerprint density at radius 2 is 2.05 bits per heavy atom.